The fraction of sp³-hybridized carbons (Fsp3) is 0.350. The molecule has 0 radical (unpaired) electrons. The van der Waals surface area contributed by atoms with Crippen molar-refractivity contribution in [1.82, 2.24) is 34.7 Å². The molecule has 30 heavy (non-hydrogen) atoms. The van der Waals surface area contributed by atoms with Gasteiger partial charge in [-0.05, 0) is 38.5 Å². The number of rotatable bonds is 3. The zero-order valence-corrected chi connectivity index (χ0v) is 16.8. The topological polar surface area (TPSA) is 125 Å². The number of carbonyl (C=O) groups excluding carboxylic acids is 1. The first-order chi connectivity index (χ1) is 14.3. The Hall–Kier alpha value is -3.53. The van der Waals surface area contributed by atoms with Crippen molar-refractivity contribution in [2.45, 2.75) is 38.8 Å². The molecule has 5 rings (SSSR count). The molecule has 5 heterocycles. The molecule has 1 aliphatic rings. The highest BCUT2D eigenvalue weighted by Gasteiger charge is 2.38. The maximum absolute atomic E-state index is 13.3. The average molecular weight is 407 g/mol. The molecule has 1 amide bonds. The number of aliphatic hydroxyl groups is 1. The van der Waals surface area contributed by atoms with Crippen LogP contribution in [0.2, 0.25) is 0 Å². The molecule has 0 saturated heterocycles. The maximum Gasteiger partial charge on any atom is 0.312 e. The molecule has 2 N–H and O–H groups in total. The molecular weight excluding hydrogens is 386 g/mol. The van der Waals surface area contributed by atoms with Gasteiger partial charge in [0.25, 0.3) is 0 Å². The Labute approximate surface area is 171 Å². The van der Waals surface area contributed by atoms with Crippen LogP contribution in [0, 0.1) is 6.92 Å². The molecule has 154 valence electrons. The van der Waals surface area contributed by atoms with E-state index >= 15 is 0 Å². The lowest BCUT2D eigenvalue weighted by Gasteiger charge is -2.32. The summed E-state index contributed by atoms with van der Waals surface area (Å²) in [5, 5.41) is 22.5. The number of nitrogens with zero attached hydrogens (tertiary/aromatic N) is 6. The molecule has 1 aliphatic heterocycles. The van der Waals surface area contributed by atoms with E-state index in [1.807, 2.05) is 31.3 Å². The van der Waals surface area contributed by atoms with E-state index < -0.39 is 17.6 Å². The third-order valence-electron chi connectivity index (χ3n) is 5.22. The zero-order valence-electron chi connectivity index (χ0n) is 16.8. The van der Waals surface area contributed by atoms with Gasteiger partial charge in [0.05, 0.1) is 23.2 Å². The van der Waals surface area contributed by atoms with E-state index in [0.717, 1.165) is 22.5 Å². The monoisotopic (exact) mass is 407 g/mol. The van der Waals surface area contributed by atoms with Crippen LogP contribution >= 0.6 is 0 Å². The standard InChI is InChI=1S/C20H21N7O3/c1-11-4-5-12-8-14(25-27(12)9-11)16-15-13(21-10-22-15)6-7-26(16)18(28)17-23-24-19(30-17)20(2,3)29/h4-5,8-10,16,29H,6-7H2,1-3H3,(H,21,22). The zero-order chi connectivity index (χ0) is 21.0. The third-order valence-corrected chi connectivity index (χ3v) is 5.22. The molecule has 10 heteroatoms. The summed E-state index contributed by atoms with van der Waals surface area (Å²) in [6, 6.07) is 5.45. The van der Waals surface area contributed by atoms with Crippen LogP contribution in [0.3, 0.4) is 0 Å². The number of imidazole rings is 1. The Morgan fingerprint density at radius 2 is 2.17 bits per heavy atom. The second kappa shape index (κ2) is 6.49. The Balaban J connectivity index is 1.58. The molecule has 4 aromatic heterocycles. The van der Waals surface area contributed by atoms with Crippen LogP contribution in [0.25, 0.3) is 5.52 Å². The van der Waals surface area contributed by atoms with Gasteiger partial charge in [-0.25, -0.2) is 9.50 Å². The van der Waals surface area contributed by atoms with Gasteiger partial charge in [0, 0.05) is 24.9 Å². The highest BCUT2D eigenvalue weighted by Crippen LogP contribution is 2.34. The minimum atomic E-state index is -1.33. The molecule has 0 aliphatic carbocycles. The van der Waals surface area contributed by atoms with E-state index in [4.69, 9.17) is 9.52 Å². The molecule has 0 spiro atoms. The summed E-state index contributed by atoms with van der Waals surface area (Å²) in [4.78, 5) is 22.6. The third kappa shape index (κ3) is 2.96. The molecule has 10 nitrogen and oxygen atoms in total. The van der Waals surface area contributed by atoms with Crippen molar-refractivity contribution in [1.29, 1.82) is 0 Å². The van der Waals surface area contributed by atoms with Gasteiger partial charge in [-0.15, -0.1) is 10.2 Å². The van der Waals surface area contributed by atoms with Crippen molar-refractivity contribution in [3.63, 3.8) is 0 Å². The number of hydrogen-bond acceptors (Lipinski definition) is 7. The van der Waals surface area contributed by atoms with Crippen molar-refractivity contribution < 1.29 is 14.3 Å². The Kier molecular flexibility index (Phi) is 4.00. The van der Waals surface area contributed by atoms with Gasteiger partial charge in [0.2, 0.25) is 5.89 Å². The minimum absolute atomic E-state index is 0.0110. The van der Waals surface area contributed by atoms with E-state index in [0.29, 0.717) is 18.7 Å². The predicted octanol–water partition coefficient (Wildman–Crippen LogP) is 1.76. The number of pyridine rings is 1. The highest BCUT2D eigenvalue weighted by molar-refractivity contribution is 5.90. The molecule has 0 aromatic carbocycles. The van der Waals surface area contributed by atoms with Gasteiger partial charge < -0.3 is 19.4 Å². The summed E-state index contributed by atoms with van der Waals surface area (Å²) in [6.45, 7) is 5.48. The maximum atomic E-state index is 13.3. The van der Waals surface area contributed by atoms with Crippen molar-refractivity contribution in [3.8, 4) is 0 Å². The summed E-state index contributed by atoms with van der Waals surface area (Å²) in [6.07, 6.45) is 4.19. The summed E-state index contributed by atoms with van der Waals surface area (Å²) in [7, 11) is 0. The number of aromatic nitrogens is 6. The predicted molar refractivity (Wildman–Crippen MR) is 105 cm³/mol. The van der Waals surface area contributed by atoms with Crippen LogP contribution in [-0.4, -0.2) is 52.2 Å². The van der Waals surface area contributed by atoms with Crippen molar-refractivity contribution in [3.05, 3.63) is 65.1 Å². The van der Waals surface area contributed by atoms with E-state index in [1.165, 1.54) is 13.8 Å². The first-order valence-electron chi connectivity index (χ1n) is 9.66. The number of nitrogens with one attached hydrogen (secondary N) is 1. The highest BCUT2D eigenvalue weighted by atomic mass is 16.4. The lowest BCUT2D eigenvalue weighted by Crippen LogP contribution is -2.41. The first-order valence-corrected chi connectivity index (χ1v) is 9.66. The number of H-pyrrole nitrogens is 1. The molecular formula is C20H21N7O3. The van der Waals surface area contributed by atoms with Gasteiger partial charge in [-0.1, -0.05) is 6.07 Å². The van der Waals surface area contributed by atoms with E-state index in [2.05, 4.69) is 20.2 Å². The fourth-order valence-corrected chi connectivity index (χ4v) is 3.72. The van der Waals surface area contributed by atoms with E-state index in [1.54, 1.807) is 15.7 Å². The number of amides is 1. The molecule has 4 aromatic rings. The normalized spacial score (nSPS) is 16.8. The van der Waals surface area contributed by atoms with Crippen LogP contribution < -0.4 is 0 Å². The van der Waals surface area contributed by atoms with Gasteiger partial charge in [-0.2, -0.15) is 5.10 Å². The number of hydrogen-bond donors (Lipinski definition) is 2. The molecule has 0 fully saturated rings. The smallest absolute Gasteiger partial charge is 0.312 e. The van der Waals surface area contributed by atoms with Gasteiger partial charge in [-0.3, -0.25) is 4.79 Å². The molecule has 1 atom stereocenters. The largest absolute Gasteiger partial charge is 0.414 e. The molecule has 0 bridgehead atoms. The SMILES string of the molecule is Cc1ccc2cc(C3c4nc[nH]c4CCN3C(=O)c3nnc(C(C)(C)O)o3)nn2c1. The van der Waals surface area contributed by atoms with Gasteiger partial charge >= 0.3 is 11.8 Å². The van der Waals surface area contributed by atoms with Gasteiger partial charge in [0.15, 0.2) is 0 Å². The Morgan fingerprint density at radius 3 is 2.93 bits per heavy atom. The number of aromatic amines is 1. The van der Waals surface area contributed by atoms with Crippen molar-refractivity contribution in [2.24, 2.45) is 0 Å². The number of fused-ring (bicyclic) bond motifs is 2. The van der Waals surface area contributed by atoms with Crippen LogP contribution in [-0.2, 0) is 12.0 Å². The Morgan fingerprint density at radius 1 is 1.33 bits per heavy atom. The summed E-state index contributed by atoms with van der Waals surface area (Å²) in [5.74, 6) is -0.608. The summed E-state index contributed by atoms with van der Waals surface area (Å²) < 4.78 is 7.27. The van der Waals surface area contributed by atoms with Crippen LogP contribution in [0.4, 0.5) is 0 Å². The number of carbonyl (C=O) groups is 1. The lowest BCUT2D eigenvalue weighted by atomic mass is 9.99. The second-order valence-electron chi connectivity index (χ2n) is 8.03. The fourth-order valence-electron chi connectivity index (χ4n) is 3.72. The van der Waals surface area contributed by atoms with Crippen LogP contribution in [0.5, 0.6) is 0 Å². The van der Waals surface area contributed by atoms with E-state index in [9.17, 15) is 9.90 Å². The average Bonchev–Trinajstić information content (AvgIpc) is 3.43. The van der Waals surface area contributed by atoms with Crippen LogP contribution in [0.1, 0.15) is 59.1 Å². The summed E-state index contributed by atoms with van der Waals surface area (Å²) >= 11 is 0. The summed E-state index contributed by atoms with van der Waals surface area (Å²) in [5.41, 5.74) is 3.09. The van der Waals surface area contributed by atoms with Crippen molar-refractivity contribution >= 4 is 11.4 Å². The van der Waals surface area contributed by atoms with Crippen molar-refractivity contribution in [2.75, 3.05) is 6.54 Å². The second-order valence-corrected chi connectivity index (χ2v) is 8.03. The Bertz CT molecular complexity index is 1250. The molecule has 0 saturated carbocycles. The first kappa shape index (κ1) is 18.5. The van der Waals surface area contributed by atoms with E-state index in [-0.39, 0.29) is 11.8 Å². The quantitative estimate of drug-likeness (QED) is 0.530. The van der Waals surface area contributed by atoms with Crippen LogP contribution in [0.15, 0.2) is 35.1 Å². The molecule has 1 unspecified atom stereocenters. The minimum Gasteiger partial charge on any atom is -0.414 e. The lowest BCUT2D eigenvalue weighted by molar-refractivity contribution is 0.0440. The van der Waals surface area contributed by atoms with Gasteiger partial charge in [0.1, 0.15) is 11.6 Å². The number of aryl methyl sites for hydroxylation is 1.